The van der Waals surface area contributed by atoms with Gasteiger partial charge in [0.05, 0.1) is 24.3 Å². The Balaban J connectivity index is 1.93. The maximum atomic E-state index is 12.2. The summed E-state index contributed by atoms with van der Waals surface area (Å²) < 4.78 is 30.8. The van der Waals surface area contributed by atoms with Gasteiger partial charge in [-0.1, -0.05) is 42.5 Å². The molecule has 2 aromatic rings. The Morgan fingerprint density at radius 1 is 1.06 bits per heavy atom. The molecule has 186 valence electrons. The second-order valence-electron chi connectivity index (χ2n) is 9.48. The number of hydrogen-bond acceptors (Lipinski definition) is 5. The zero-order valence-corrected chi connectivity index (χ0v) is 22.1. The second kappa shape index (κ2) is 12.2. The second-order valence-corrected chi connectivity index (χ2v) is 11.6. The standard InChI is InChI=1S/C25H35N3O4S2/c1-18(21-11-13-22(14-12-21)28-34(5,30)31)27-24(33)26-16-20(15-19-9-7-6-8-10-19)17-32-23(29)25(2,3)4/h6-14,18,20,28H,15-17H2,1-5H3,(H2,26,27,33)/t18?,20-/m1/s1. The van der Waals surface area contributed by atoms with Gasteiger partial charge in [0.2, 0.25) is 10.0 Å². The average molecular weight is 506 g/mol. The summed E-state index contributed by atoms with van der Waals surface area (Å²) in [6.45, 7) is 8.32. The first-order valence-electron chi connectivity index (χ1n) is 11.2. The van der Waals surface area contributed by atoms with Gasteiger partial charge in [-0.2, -0.15) is 0 Å². The highest BCUT2D eigenvalue weighted by atomic mass is 32.2. The van der Waals surface area contributed by atoms with Crippen LogP contribution < -0.4 is 15.4 Å². The smallest absolute Gasteiger partial charge is 0.311 e. The Kier molecular flexibility index (Phi) is 9.88. The quantitative estimate of drug-likeness (QED) is 0.331. The maximum Gasteiger partial charge on any atom is 0.311 e. The van der Waals surface area contributed by atoms with E-state index in [0.717, 1.165) is 23.8 Å². The van der Waals surface area contributed by atoms with Gasteiger partial charge in [0.1, 0.15) is 0 Å². The van der Waals surface area contributed by atoms with Crippen molar-refractivity contribution in [1.82, 2.24) is 10.6 Å². The minimum absolute atomic E-state index is 0.0464. The van der Waals surface area contributed by atoms with Crippen LogP contribution in [0.3, 0.4) is 0 Å². The van der Waals surface area contributed by atoms with Crippen LogP contribution in [0.1, 0.15) is 44.9 Å². The Morgan fingerprint density at radius 3 is 2.24 bits per heavy atom. The summed E-state index contributed by atoms with van der Waals surface area (Å²) in [6, 6.07) is 17.1. The maximum absolute atomic E-state index is 12.2. The van der Waals surface area contributed by atoms with Gasteiger partial charge in [0.25, 0.3) is 0 Å². The molecule has 1 unspecified atom stereocenters. The monoisotopic (exact) mass is 505 g/mol. The van der Waals surface area contributed by atoms with Gasteiger partial charge in [-0.05, 0) is 69.6 Å². The van der Waals surface area contributed by atoms with Crippen LogP contribution in [-0.2, 0) is 26.0 Å². The number of anilines is 1. The Morgan fingerprint density at radius 2 is 1.68 bits per heavy atom. The Bertz CT molecular complexity index is 1050. The minimum atomic E-state index is -3.31. The van der Waals surface area contributed by atoms with Crippen LogP contribution in [0.4, 0.5) is 5.69 Å². The molecule has 3 N–H and O–H groups in total. The van der Waals surface area contributed by atoms with E-state index in [2.05, 4.69) is 27.5 Å². The van der Waals surface area contributed by atoms with E-state index in [1.54, 1.807) is 12.1 Å². The number of benzene rings is 2. The molecule has 0 bridgehead atoms. The van der Waals surface area contributed by atoms with E-state index in [0.29, 0.717) is 24.0 Å². The van der Waals surface area contributed by atoms with Crippen LogP contribution in [0.25, 0.3) is 0 Å². The topological polar surface area (TPSA) is 96.5 Å². The molecule has 0 spiro atoms. The Labute approximate surface area is 208 Å². The molecule has 0 fully saturated rings. The molecule has 0 aliphatic rings. The number of carbonyl (C=O) groups excluding carboxylic acids is 1. The molecule has 7 nitrogen and oxygen atoms in total. The van der Waals surface area contributed by atoms with E-state index < -0.39 is 15.4 Å². The predicted octanol–water partition coefficient (Wildman–Crippen LogP) is 4.03. The van der Waals surface area contributed by atoms with Gasteiger partial charge in [-0.15, -0.1) is 0 Å². The molecule has 0 aromatic heterocycles. The zero-order chi connectivity index (χ0) is 25.4. The molecule has 34 heavy (non-hydrogen) atoms. The summed E-state index contributed by atoms with van der Waals surface area (Å²) in [5.74, 6) is -0.182. The molecule has 0 heterocycles. The van der Waals surface area contributed by atoms with Crippen LogP contribution in [0, 0.1) is 11.3 Å². The van der Waals surface area contributed by atoms with Crippen LogP contribution in [-0.4, -0.2) is 38.9 Å². The summed E-state index contributed by atoms with van der Waals surface area (Å²) in [7, 11) is -3.31. The number of esters is 1. The van der Waals surface area contributed by atoms with Crippen molar-refractivity contribution in [3.05, 3.63) is 65.7 Å². The molecule has 0 aliphatic heterocycles. The third-order valence-corrected chi connectivity index (χ3v) is 5.91. The van der Waals surface area contributed by atoms with Crippen molar-refractivity contribution in [2.75, 3.05) is 24.1 Å². The normalized spacial score (nSPS) is 13.4. The molecule has 0 amide bonds. The van der Waals surface area contributed by atoms with E-state index in [1.165, 1.54) is 0 Å². The van der Waals surface area contributed by atoms with Crippen molar-refractivity contribution in [3.8, 4) is 0 Å². The molecule has 9 heteroatoms. The lowest BCUT2D eigenvalue weighted by atomic mass is 9.97. The minimum Gasteiger partial charge on any atom is -0.465 e. The van der Waals surface area contributed by atoms with Gasteiger partial charge < -0.3 is 15.4 Å². The van der Waals surface area contributed by atoms with Crippen LogP contribution >= 0.6 is 12.2 Å². The van der Waals surface area contributed by atoms with E-state index in [4.69, 9.17) is 17.0 Å². The summed E-state index contributed by atoms with van der Waals surface area (Å²) >= 11 is 5.48. The van der Waals surface area contributed by atoms with E-state index in [-0.39, 0.29) is 17.9 Å². The number of rotatable bonds is 10. The van der Waals surface area contributed by atoms with Gasteiger partial charge in [-0.25, -0.2) is 8.42 Å². The van der Waals surface area contributed by atoms with E-state index in [9.17, 15) is 13.2 Å². The first-order valence-corrected chi connectivity index (χ1v) is 13.5. The number of thiocarbonyl (C=S) groups is 1. The van der Waals surface area contributed by atoms with Crippen LogP contribution in [0.5, 0.6) is 0 Å². The van der Waals surface area contributed by atoms with E-state index in [1.807, 2.05) is 58.0 Å². The highest BCUT2D eigenvalue weighted by Gasteiger charge is 2.24. The molecule has 2 rings (SSSR count). The fourth-order valence-electron chi connectivity index (χ4n) is 3.17. The van der Waals surface area contributed by atoms with Gasteiger partial charge in [-0.3, -0.25) is 9.52 Å². The third-order valence-electron chi connectivity index (χ3n) is 5.04. The lowest BCUT2D eigenvalue weighted by molar-refractivity contribution is -0.154. The number of nitrogens with one attached hydrogen (secondary N) is 3. The van der Waals surface area contributed by atoms with Crippen LogP contribution in [0.2, 0.25) is 0 Å². The molecule has 2 aromatic carbocycles. The van der Waals surface area contributed by atoms with Crippen molar-refractivity contribution in [3.63, 3.8) is 0 Å². The first-order chi connectivity index (χ1) is 15.8. The predicted molar refractivity (Wildman–Crippen MR) is 141 cm³/mol. The number of sulfonamides is 1. The van der Waals surface area contributed by atoms with Gasteiger partial charge in [0.15, 0.2) is 5.11 Å². The average Bonchev–Trinajstić information content (AvgIpc) is 2.74. The summed E-state index contributed by atoms with van der Waals surface area (Å²) in [5.41, 5.74) is 2.08. The molecular formula is C25H35N3O4S2. The molecule has 2 atom stereocenters. The van der Waals surface area contributed by atoms with Gasteiger partial charge >= 0.3 is 5.97 Å². The molecule has 0 saturated carbocycles. The van der Waals surface area contributed by atoms with Crippen molar-refractivity contribution in [2.24, 2.45) is 11.3 Å². The third kappa shape index (κ3) is 10.1. The van der Waals surface area contributed by atoms with Crippen molar-refractivity contribution in [1.29, 1.82) is 0 Å². The summed E-state index contributed by atoms with van der Waals surface area (Å²) in [4.78, 5) is 12.2. The van der Waals surface area contributed by atoms with Crippen molar-refractivity contribution >= 4 is 39.0 Å². The molecule has 0 radical (unpaired) electrons. The van der Waals surface area contributed by atoms with Gasteiger partial charge in [0, 0.05) is 18.2 Å². The number of carbonyl (C=O) groups is 1. The fraction of sp³-hybridized carbons (Fsp3) is 0.440. The highest BCUT2D eigenvalue weighted by molar-refractivity contribution is 7.92. The SMILES string of the molecule is CC(NC(=S)NC[C@H](COC(=O)C(C)(C)C)Cc1ccccc1)c1ccc(NS(C)(=O)=O)cc1. The summed E-state index contributed by atoms with van der Waals surface area (Å²) in [5, 5.41) is 6.98. The largest absolute Gasteiger partial charge is 0.465 e. The van der Waals surface area contributed by atoms with E-state index >= 15 is 0 Å². The zero-order valence-electron chi connectivity index (χ0n) is 20.4. The highest BCUT2D eigenvalue weighted by Crippen LogP contribution is 2.18. The number of ether oxygens (including phenoxy) is 1. The Hall–Kier alpha value is -2.65. The summed E-state index contributed by atoms with van der Waals surface area (Å²) in [6.07, 6.45) is 1.86. The molecule has 0 saturated heterocycles. The molecular weight excluding hydrogens is 470 g/mol. The first kappa shape index (κ1) is 27.6. The van der Waals surface area contributed by atoms with Crippen molar-refractivity contribution < 1.29 is 17.9 Å². The lowest BCUT2D eigenvalue weighted by Crippen LogP contribution is -2.40. The van der Waals surface area contributed by atoms with Crippen molar-refractivity contribution in [2.45, 2.75) is 40.2 Å². The number of hydrogen-bond donors (Lipinski definition) is 3. The fourth-order valence-corrected chi connectivity index (χ4v) is 3.99. The lowest BCUT2D eigenvalue weighted by Gasteiger charge is -2.23. The van der Waals surface area contributed by atoms with Crippen LogP contribution in [0.15, 0.2) is 54.6 Å². The molecule has 0 aliphatic carbocycles.